The first-order chi connectivity index (χ1) is 5.83. The lowest BCUT2D eigenvalue weighted by molar-refractivity contribution is -0.00000239. The lowest BCUT2D eigenvalue weighted by Crippen LogP contribution is -3.00. The largest absolute Gasteiger partial charge is 1.00 e. The Bertz CT molecular complexity index is 244. The van der Waals surface area contributed by atoms with Crippen LogP contribution < -0.4 is 17.7 Å². The van der Waals surface area contributed by atoms with Crippen molar-refractivity contribution in [3.8, 4) is 0 Å². The van der Waals surface area contributed by atoms with E-state index in [1.54, 1.807) is 0 Å². The fraction of sp³-hybridized carbons (Fsp3) is 0.200. The molecule has 0 fully saturated rings. The number of benzene rings is 1. The summed E-state index contributed by atoms with van der Waals surface area (Å²) in [6.07, 6.45) is 1.84. The Morgan fingerprint density at radius 2 is 1.92 bits per heavy atom. The van der Waals surface area contributed by atoms with Gasteiger partial charge in [0.2, 0.25) is 0 Å². The molecule has 1 nitrogen and oxygen atoms in total. The Labute approximate surface area is 90.2 Å². The van der Waals surface area contributed by atoms with E-state index in [4.69, 9.17) is 11.6 Å². The molecule has 0 amide bonds. The molecule has 1 aromatic carbocycles. The molecule has 3 heteroatoms. The van der Waals surface area contributed by atoms with Crippen molar-refractivity contribution in [1.29, 1.82) is 0 Å². The highest BCUT2D eigenvalue weighted by Gasteiger charge is 1.90. The van der Waals surface area contributed by atoms with Crippen LogP contribution in [0, 0.1) is 0 Å². The van der Waals surface area contributed by atoms with Crippen molar-refractivity contribution in [2.24, 2.45) is 0 Å². The van der Waals surface area contributed by atoms with Gasteiger partial charge in [-0.1, -0.05) is 29.8 Å². The third-order valence-electron chi connectivity index (χ3n) is 1.53. The monoisotopic (exact) mass is 216 g/mol. The minimum Gasteiger partial charge on any atom is -1.00 e. The van der Waals surface area contributed by atoms with Crippen LogP contribution in [0.3, 0.4) is 0 Å². The summed E-state index contributed by atoms with van der Waals surface area (Å²) < 4.78 is 0. The van der Waals surface area contributed by atoms with E-state index < -0.39 is 0 Å². The van der Waals surface area contributed by atoms with Gasteiger partial charge in [0, 0.05) is 18.1 Å². The van der Waals surface area contributed by atoms with E-state index in [0.29, 0.717) is 0 Å². The number of nitrogens with one attached hydrogen (secondary N) is 1. The lowest BCUT2D eigenvalue weighted by Gasteiger charge is -2.01. The van der Waals surface area contributed by atoms with Gasteiger partial charge in [-0.25, -0.2) is 0 Å². The van der Waals surface area contributed by atoms with Crippen LogP contribution in [0.25, 0.3) is 0 Å². The molecular weight excluding hydrogens is 205 g/mol. The SMILES string of the molecule is C=CCNCc1ccc(Cl)cc1.[Cl-]. The van der Waals surface area contributed by atoms with Crippen LogP contribution in [-0.4, -0.2) is 6.54 Å². The maximum absolute atomic E-state index is 5.74. The molecule has 0 aliphatic heterocycles. The molecule has 1 N–H and O–H groups in total. The number of hydrogen-bond acceptors (Lipinski definition) is 1. The molecule has 1 aromatic rings. The minimum absolute atomic E-state index is 0. The summed E-state index contributed by atoms with van der Waals surface area (Å²) in [5.74, 6) is 0. The standard InChI is InChI=1S/C10H12ClN.ClH/c1-2-7-12-8-9-3-5-10(11)6-4-9;/h2-6,12H,1,7-8H2;1H/p-1. The van der Waals surface area contributed by atoms with Crippen LogP contribution in [-0.2, 0) is 6.54 Å². The molecule has 0 aromatic heterocycles. The molecule has 0 saturated carbocycles. The number of hydrogen-bond donors (Lipinski definition) is 1. The third kappa shape index (κ3) is 4.94. The maximum Gasteiger partial charge on any atom is 0.0406 e. The highest BCUT2D eigenvalue weighted by atomic mass is 35.5. The van der Waals surface area contributed by atoms with Crippen molar-refractivity contribution in [2.45, 2.75) is 6.54 Å². The fourth-order valence-electron chi connectivity index (χ4n) is 0.921. The first kappa shape index (κ1) is 12.5. The van der Waals surface area contributed by atoms with Gasteiger partial charge in [0.1, 0.15) is 0 Å². The average molecular weight is 217 g/mol. The lowest BCUT2D eigenvalue weighted by atomic mass is 10.2. The average Bonchev–Trinajstić information content (AvgIpc) is 2.09. The van der Waals surface area contributed by atoms with Crippen LogP contribution in [0.5, 0.6) is 0 Å². The smallest absolute Gasteiger partial charge is 0.0406 e. The zero-order valence-electron chi connectivity index (χ0n) is 7.26. The zero-order chi connectivity index (χ0) is 8.81. The highest BCUT2D eigenvalue weighted by Crippen LogP contribution is 2.08. The Morgan fingerprint density at radius 3 is 2.46 bits per heavy atom. The molecule has 0 unspecified atom stereocenters. The van der Waals surface area contributed by atoms with Gasteiger partial charge in [-0.3, -0.25) is 0 Å². The van der Waals surface area contributed by atoms with Gasteiger partial charge in [0.05, 0.1) is 0 Å². The Morgan fingerprint density at radius 1 is 1.31 bits per heavy atom. The molecule has 0 atom stereocenters. The van der Waals surface area contributed by atoms with Crippen molar-refractivity contribution in [3.05, 3.63) is 47.5 Å². The van der Waals surface area contributed by atoms with E-state index in [0.717, 1.165) is 18.1 Å². The summed E-state index contributed by atoms with van der Waals surface area (Å²) in [7, 11) is 0. The Hall–Kier alpha value is -0.500. The van der Waals surface area contributed by atoms with Crippen molar-refractivity contribution in [3.63, 3.8) is 0 Å². The fourth-order valence-corrected chi connectivity index (χ4v) is 1.05. The molecule has 0 radical (unpaired) electrons. The van der Waals surface area contributed by atoms with Gasteiger partial charge in [-0.15, -0.1) is 6.58 Å². The minimum atomic E-state index is 0. The quantitative estimate of drug-likeness (QED) is 0.535. The van der Waals surface area contributed by atoms with Crippen LogP contribution in [0.2, 0.25) is 5.02 Å². The highest BCUT2D eigenvalue weighted by molar-refractivity contribution is 6.30. The Balaban J connectivity index is 0.00000144. The number of halogens is 2. The van der Waals surface area contributed by atoms with Crippen molar-refractivity contribution >= 4 is 11.6 Å². The molecule has 1 rings (SSSR count). The van der Waals surface area contributed by atoms with Crippen molar-refractivity contribution in [2.75, 3.05) is 6.54 Å². The molecule has 13 heavy (non-hydrogen) atoms. The Kier molecular flexibility index (Phi) is 6.69. The van der Waals surface area contributed by atoms with E-state index in [2.05, 4.69) is 11.9 Å². The third-order valence-corrected chi connectivity index (χ3v) is 1.78. The molecular formula is C10H12Cl2N-. The van der Waals surface area contributed by atoms with Crippen LogP contribution in [0.1, 0.15) is 5.56 Å². The first-order valence-electron chi connectivity index (χ1n) is 3.89. The zero-order valence-corrected chi connectivity index (χ0v) is 8.78. The topological polar surface area (TPSA) is 12.0 Å². The predicted molar refractivity (Wildman–Crippen MR) is 53.4 cm³/mol. The second-order valence-electron chi connectivity index (χ2n) is 2.55. The summed E-state index contributed by atoms with van der Waals surface area (Å²) in [4.78, 5) is 0. The van der Waals surface area contributed by atoms with E-state index in [9.17, 15) is 0 Å². The summed E-state index contributed by atoms with van der Waals surface area (Å²) >= 11 is 5.74. The maximum atomic E-state index is 5.74. The molecule has 0 spiro atoms. The predicted octanol–water partition coefficient (Wildman–Crippen LogP) is -0.380. The first-order valence-corrected chi connectivity index (χ1v) is 4.27. The van der Waals surface area contributed by atoms with Crippen molar-refractivity contribution in [1.82, 2.24) is 5.32 Å². The summed E-state index contributed by atoms with van der Waals surface area (Å²) in [5, 5.41) is 3.99. The van der Waals surface area contributed by atoms with E-state index in [-0.39, 0.29) is 12.4 Å². The molecule has 72 valence electrons. The van der Waals surface area contributed by atoms with Gasteiger partial charge in [-0.2, -0.15) is 0 Å². The molecule has 0 saturated heterocycles. The van der Waals surface area contributed by atoms with Crippen LogP contribution >= 0.6 is 11.6 Å². The van der Waals surface area contributed by atoms with Crippen LogP contribution in [0.15, 0.2) is 36.9 Å². The molecule has 0 aliphatic rings. The second-order valence-corrected chi connectivity index (χ2v) is 2.98. The van der Waals surface area contributed by atoms with E-state index >= 15 is 0 Å². The van der Waals surface area contributed by atoms with Gasteiger partial charge in [-0.05, 0) is 17.7 Å². The normalized spacial score (nSPS) is 9.00. The summed E-state index contributed by atoms with van der Waals surface area (Å²) in [6, 6.07) is 7.82. The summed E-state index contributed by atoms with van der Waals surface area (Å²) in [5.41, 5.74) is 1.24. The molecule has 0 bridgehead atoms. The van der Waals surface area contributed by atoms with Gasteiger partial charge in [0.25, 0.3) is 0 Å². The van der Waals surface area contributed by atoms with Gasteiger partial charge in [0.15, 0.2) is 0 Å². The van der Waals surface area contributed by atoms with Gasteiger partial charge >= 0.3 is 0 Å². The second kappa shape index (κ2) is 6.96. The van der Waals surface area contributed by atoms with Crippen LogP contribution in [0.4, 0.5) is 0 Å². The number of rotatable bonds is 4. The van der Waals surface area contributed by atoms with Gasteiger partial charge < -0.3 is 17.7 Å². The molecule has 0 aliphatic carbocycles. The summed E-state index contributed by atoms with van der Waals surface area (Å²) in [6.45, 7) is 5.32. The van der Waals surface area contributed by atoms with Crippen molar-refractivity contribution < 1.29 is 12.4 Å². The van der Waals surface area contributed by atoms with E-state index in [1.807, 2.05) is 30.3 Å². The molecule has 0 heterocycles. The van der Waals surface area contributed by atoms with E-state index in [1.165, 1.54) is 5.56 Å².